The van der Waals surface area contributed by atoms with Crippen LogP contribution in [0.15, 0.2) is 40.1 Å². The van der Waals surface area contributed by atoms with E-state index in [4.69, 9.17) is 5.26 Å². The number of nitrogens with one attached hydrogen (secondary N) is 1. The summed E-state index contributed by atoms with van der Waals surface area (Å²) in [6, 6.07) is 9.27. The first-order chi connectivity index (χ1) is 10.6. The number of rotatable bonds is 3. The molecule has 0 radical (unpaired) electrons. The highest BCUT2D eigenvalue weighted by molar-refractivity contribution is 5.74. The van der Waals surface area contributed by atoms with Gasteiger partial charge < -0.3 is 4.98 Å². The first-order valence-corrected chi connectivity index (χ1v) is 6.82. The predicted molar refractivity (Wildman–Crippen MR) is 80.5 cm³/mol. The van der Waals surface area contributed by atoms with E-state index in [0.29, 0.717) is 12.4 Å². The molecule has 0 atom stereocenters. The van der Waals surface area contributed by atoms with Gasteiger partial charge in [-0.1, -0.05) is 12.1 Å². The minimum Gasteiger partial charge on any atom is -0.340 e. The van der Waals surface area contributed by atoms with E-state index in [1.807, 2.05) is 30.3 Å². The van der Waals surface area contributed by atoms with Crippen LogP contribution >= 0.6 is 0 Å². The molecule has 7 nitrogen and oxygen atoms in total. The van der Waals surface area contributed by atoms with Crippen LogP contribution in [-0.4, -0.2) is 19.1 Å². The van der Waals surface area contributed by atoms with Gasteiger partial charge in [0.1, 0.15) is 17.5 Å². The van der Waals surface area contributed by atoms with Crippen LogP contribution in [0.2, 0.25) is 0 Å². The molecule has 22 heavy (non-hydrogen) atoms. The van der Waals surface area contributed by atoms with Gasteiger partial charge in [-0.15, -0.1) is 0 Å². The zero-order valence-corrected chi connectivity index (χ0v) is 11.9. The fraction of sp³-hybridized carbons (Fsp3) is 0.200. The number of hydrogen-bond donors (Lipinski definition) is 1. The zero-order valence-electron chi connectivity index (χ0n) is 11.9. The Bertz CT molecular complexity index is 970. The summed E-state index contributed by atoms with van der Waals surface area (Å²) < 4.78 is 2.36. The average molecular weight is 295 g/mol. The molecule has 2 aromatic heterocycles. The lowest BCUT2D eigenvalue weighted by molar-refractivity contribution is 0.588. The second-order valence-electron chi connectivity index (χ2n) is 4.82. The quantitative estimate of drug-likeness (QED) is 0.773. The number of nitrogens with zero attached hydrogens (tertiary/aromatic N) is 4. The van der Waals surface area contributed by atoms with Crippen LogP contribution in [-0.2, 0) is 13.1 Å². The Morgan fingerprint density at radius 3 is 2.77 bits per heavy atom. The summed E-state index contributed by atoms with van der Waals surface area (Å²) >= 11 is 0. The van der Waals surface area contributed by atoms with Crippen molar-refractivity contribution in [1.82, 2.24) is 19.1 Å². The van der Waals surface area contributed by atoms with Crippen LogP contribution in [0.3, 0.4) is 0 Å². The van der Waals surface area contributed by atoms with Crippen LogP contribution in [0.25, 0.3) is 11.0 Å². The lowest BCUT2D eigenvalue weighted by atomic mass is 10.3. The van der Waals surface area contributed by atoms with E-state index in [0.717, 1.165) is 15.6 Å². The third-order valence-corrected chi connectivity index (χ3v) is 3.44. The Morgan fingerprint density at radius 1 is 1.32 bits per heavy atom. The van der Waals surface area contributed by atoms with Crippen molar-refractivity contribution in [3.63, 3.8) is 0 Å². The van der Waals surface area contributed by atoms with Crippen LogP contribution < -0.4 is 11.2 Å². The highest BCUT2D eigenvalue weighted by Gasteiger charge is 2.12. The molecule has 0 saturated carbocycles. The average Bonchev–Trinajstić information content (AvgIpc) is 2.94. The Hall–Kier alpha value is -3.14. The summed E-state index contributed by atoms with van der Waals surface area (Å²) in [4.78, 5) is 31.9. The molecule has 1 aromatic carbocycles. The van der Waals surface area contributed by atoms with E-state index in [-0.39, 0.29) is 12.1 Å². The van der Waals surface area contributed by atoms with E-state index < -0.39 is 11.2 Å². The fourth-order valence-corrected chi connectivity index (χ4v) is 2.33. The number of imidazole rings is 1. The number of fused-ring (bicyclic) bond motifs is 1. The third-order valence-electron chi connectivity index (χ3n) is 3.44. The van der Waals surface area contributed by atoms with Crippen molar-refractivity contribution in [3.05, 3.63) is 62.7 Å². The maximum Gasteiger partial charge on any atom is 0.331 e. The summed E-state index contributed by atoms with van der Waals surface area (Å²) in [7, 11) is 0. The molecule has 3 rings (SSSR count). The van der Waals surface area contributed by atoms with E-state index in [1.165, 1.54) is 10.8 Å². The summed E-state index contributed by atoms with van der Waals surface area (Å²) in [6.07, 6.45) is 1.29. The Kier molecular flexibility index (Phi) is 3.35. The standard InChI is InChI=1S/C15H13N5O2/c1-2-19-8-10(7-16)14(21)20(15(19)22)9-13-17-11-5-3-4-6-12(11)18-13/h3-6,8H,2,9H2,1H3,(H,17,18). The van der Waals surface area contributed by atoms with Crippen molar-refractivity contribution >= 4 is 11.0 Å². The summed E-state index contributed by atoms with van der Waals surface area (Å²) in [5, 5.41) is 9.03. The molecule has 0 amide bonds. The third kappa shape index (κ3) is 2.20. The van der Waals surface area contributed by atoms with Crippen molar-refractivity contribution in [3.8, 4) is 6.07 Å². The predicted octanol–water partition coefficient (Wildman–Crippen LogP) is 0.826. The lowest BCUT2D eigenvalue weighted by Gasteiger charge is -2.07. The summed E-state index contributed by atoms with van der Waals surface area (Å²) in [6.45, 7) is 2.16. The molecule has 2 heterocycles. The van der Waals surface area contributed by atoms with Crippen LogP contribution in [0, 0.1) is 11.3 Å². The smallest absolute Gasteiger partial charge is 0.331 e. The second-order valence-corrected chi connectivity index (χ2v) is 4.82. The van der Waals surface area contributed by atoms with Crippen molar-refractivity contribution < 1.29 is 0 Å². The molecule has 0 fully saturated rings. The molecule has 0 unspecified atom stereocenters. The topological polar surface area (TPSA) is 96.5 Å². The van der Waals surface area contributed by atoms with Crippen LogP contribution in [0.1, 0.15) is 18.3 Å². The molecular formula is C15H13N5O2. The SMILES string of the molecule is CCn1cc(C#N)c(=O)n(Cc2nc3ccccc3[nH]2)c1=O. The van der Waals surface area contributed by atoms with Crippen LogP contribution in [0.5, 0.6) is 0 Å². The maximum absolute atomic E-state index is 12.3. The number of aromatic amines is 1. The molecule has 110 valence electrons. The number of hydrogen-bond acceptors (Lipinski definition) is 4. The molecule has 0 bridgehead atoms. The van der Waals surface area contributed by atoms with Crippen molar-refractivity contribution in [2.45, 2.75) is 20.0 Å². The Labute approximate surface area is 125 Å². The summed E-state index contributed by atoms with van der Waals surface area (Å²) in [5.74, 6) is 0.498. The van der Waals surface area contributed by atoms with Crippen LogP contribution in [0.4, 0.5) is 0 Å². The Balaban J connectivity index is 2.14. The maximum atomic E-state index is 12.3. The first-order valence-electron chi connectivity index (χ1n) is 6.82. The van der Waals surface area contributed by atoms with Gasteiger partial charge >= 0.3 is 5.69 Å². The molecule has 1 N–H and O–H groups in total. The Morgan fingerprint density at radius 2 is 2.09 bits per heavy atom. The highest BCUT2D eigenvalue weighted by Crippen LogP contribution is 2.10. The highest BCUT2D eigenvalue weighted by atomic mass is 16.2. The number of H-pyrrole nitrogens is 1. The fourth-order valence-electron chi connectivity index (χ4n) is 2.33. The molecule has 7 heteroatoms. The molecule has 0 aliphatic carbocycles. The van der Waals surface area contributed by atoms with Gasteiger partial charge in [-0.3, -0.25) is 13.9 Å². The lowest BCUT2D eigenvalue weighted by Crippen LogP contribution is -2.41. The molecule has 0 saturated heterocycles. The van der Waals surface area contributed by atoms with Gasteiger partial charge in [-0.2, -0.15) is 5.26 Å². The first kappa shape index (κ1) is 13.8. The van der Waals surface area contributed by atoms with Crippen molar-refractivity contribution in [1.29, 1.82) is 5.26 Å². The van der Waals surface area contributed by atoms with E-state index in [2.05, 4.69) is 9.97 Å². The second kappa shape index (κ2) is 5.33. The molecule has 3 aromatic rings. The minimum absolute atomic E-state index is 0.00185. The monoisotopic (exact) mass is 295 g/mol. The van der Waals surface area contributed by atoms with E-state index >= 15 is 0 Å². The minimum atomic E-state index is -0.599. The zero-order chi connectivity index (χ0) is 15.7. The number of aryl methyl sites for hydroxylation is 1. The van der Waals surface area contributed by atoms with Gasteiger partial charge in [0, 0.05) is 12.7 Å². The molecule has 0 aliphatic rings. The van der Waals surface area contributed by atoms with Gasteiger partial charge in [0.05, 0.1) is 17.6 Å². The van der Waals surface area contributed by atoms with Gasteiger partial charge in [0.2, 0.25) is 0 Å². The van der Waals surface area contributed by atoms with Gasteiger partial charge in [0.25, 0.3) is 5.56 Å². The van der Waals surface area contributed by atoms with Gasteiger partial charge in [-0.25, -0.2) is 9.78 Å². The molecule has 0 spiro atoms. The van der Waals surface area contributed by atoms with Gasteiger partial charge in [-0.05, 0) is 19.1 Å². The number of benzene rings is 1. The molecular weight excluding hydrogens is 282 g/mol. The number of aromatic nitrogens is 4. The number of nitriles is 1. The van der Waals surface area contributed by atoms with Gasteiger partial charge in [0.15, 0.2) is 0 Å². The normalized spacial score (nSPS) is 10.7. The number of para-hydroxylation sites is 2. The van der Waals surface area contributed by atoms with Crippen molar-refractivity contribution in [2.24, 2.45) is 0 Å². The largest absolute Gasteiger partial charge is 0.340 e. The molecule has 0 aliphatic heterocycles. The van der Waals surface area contributed by atoms with Crippen molar-refractivity contribution in [2.75, 3.05) is 0 Å². The summed E-state index contributed by atoms with van der Waals surface area (Å²) in [5.41, 5.74) is 0.484. The van der Waals surface area contributed by atoms with E-state index in [1.54, 1.807) is 6.92 Å². The van der Waals surface area contributed by atoms with E-state index in [9.17, 15) is 9.59 Å².